The number of nitrogens with zero attached hydrogens (tertiary/aromatic N) is 1. The van der Waals surface area contributed by atoms with Crippen molar-refractivity contribution in [2.45, 2.75) is 0 Å². The van der Waals surface area contributed by atoms with Gasteiger partial charge in [-0.05, 0) is 41.1 Å². The summed E-state index contributed by atoms with van der Waals surface area (Å²) < 4.78 is 5.71. The molecule has 0 radical (unpaired) electrons. The van der Waals surface area contributed by atoms with Crippen molar-refractivity contribution in [3.63, 3.8) is 0 Å². The zero-order valence-electron chi connectivity index (χ0n) is 10.9. The van der Waals surface area contributed by atoms with Crippen LogP contribution in [-0.2, 0) is 0 Å². The van der Waals surface area contributed by atoms with Gasteiger partial charge in [-0.25, -0.2) is 4.98 Å². The van der Waals surface area contributed by atoms with Gasteiger partial charge in [-0.15, -0.1) is 0 Å². The summed E-state index contributed by atoms with van der Waals surface area (Å²) >= 11 is 5.95. The van der Waals surface area contributed by atoms with Crippen LogP contribution in [0.2, 0.25) is 5.02 Å². The highest BCUT2D eigenvalue weighted by Crippen LogP contribution is 2.34. The molecule has 1 aromatic heterocycles. The van der Waals surface area contributed by atoms with Gasteiger partial charge in [0.1, 0.15) is 11.3 Å². The number of hydrogen-bond acceptors (Lipinski definition) is 3. The van der Waals surface area contributed by atoms with Crippen molar-refractivity contribution < 1.29 is 9.52 Å². The van der Waals surface area contributed by atoms with Crippen LogP contribution in [0.3, 0.4) is 0 Å². The van der Waals surface area contributed by atoms with E-state index < -0.39 is 0 Å². The van der Waals surface area contributed by atoms with E-state index in [0.717, 1.165) is 10.8 Å². The highest BCUT2D eigenvalue weighted by atomic mass is 35.5. The Hall–Kier alpha value is -2.52. The normalized spacial score (nSPS) is 11.3. The van der Waals surface area contributed by atoms with Crippen LogP contribution in [0.5, 0.6) is 5.75 Å². The van der Waals surface area contributed by atoms with Gasteiger partial charge in [-0.3, -0.25) is 0 Å². The van der Waals surface area contributed by atoms with Crippen molar-refractivity contribution in [2.75, 3.05) is 0 Å². The van der Waals surface area contributed by atoms with Gasteiger partial charge in [0.25, 0.3) is 0 Å². The average Bonchev–Trinajstić information content (AvgIpc) is 2.89. The Balaban J connectivity index is 1.96. The van der Waals surface area contributed by atoms with Crippen LogP contribution in [0.25, 0.3) is 33.3 Å². The molecule has 0 atom stereocenters. The molecule has 0 aliphatic heterocycles. The SMILES string of the molecule is Oc1cc2ccccc2cc1-c1nc2cc(Cl)ccc2o1. The Labute approximate surface area is 125 Å². The molecule has 0 saturated heterocycles. The van der Waals surface area contributed by atoms with E-state index in [1.54, 1.807) is 24.3 Å². The second-order valence-corrected chi connectivity index (χ2v) is 5.28. The smallest absolute Gasteiger partial charge is 0.231 e. The van der Waals surface area contributed by atoms with Gasteiger partial charge < -0.3 is 9.52 Å². The van der Waals surface area contributed by atoms with Crippen molar-refractivity contribution >= 4 is 33.5 Å². The topological polar surface area (TPSA) is 46.3 Å². The van der Waals surface area contributed by atoms with Gasteiger partial charge in [0.15, 0.2) is 5.58 Å². The predicted molar refractivity (Wildman–Crippen MR) is 83.6 cm³/mol. The quantitative estimate of drug-likeness (QED) is 0.537. The van der Waals surface area contributed by atoms with Crippen LogP contribution in [0.15, 0.2) is 59.0 Å². The van der Waals surface area contributed by atoms with Crippen LogP contribution in [-0.4, -0.2) is 10.1 Å². The zero-order valence-corrected chi connectivity index (χ0v) is 11.6. The van der Waals surface area contributed by atoms with E-state index >= 15 is 0 Å². The lowest BCUT2D eigenvalue weighted by Gasteiger charge is -2.03. The molecule has 1 N–H and O–H groups in total. The summed E-state index contributed by atoms with van der Waals surface area (Å²) in [6.07, 6.45) is 0. The lowest BCUT2D eigenvalue weighted by Crippen LogP contribution is -1.81. The van der Waals surface area contributed by atoms with E-state index in [4.69, 9.17) is 16.0 Å². The number of oxazole rings is 1. The molecule has 0 amide bonds. The molecular weight excluding hydrogens is 286 g/mol. The molecule has 3 aromatic carbocycles. The fourth-order valence-electron chi connectivity index (χ4n) is 2.42. The van der Waals surface area contributed by atoms with E-state index in [1.807, 2.05) is 30.3 Å². The third kappa shape index (κ3) is 2.03. The summed E-state index contributed by atoms with van der Waals surface area (Å²) in [5.74, 6) is 0.530. The minimum atomic E-state index is 0.145. The van der Waals surface area contributed by atoms with E-state index in [-0.39, 0.29) is 5.75 Å². The monoisotopic (exact) mass is 295 g/mol. The fourth-order valence-corrected chi connectivity index (χ4v) is 2.58. The maximum Gasteiger partial charge on any atom is 0.231 e. The first-order valence-corrected chi connectivity index (χ1v) is 6.87. The van der Waals surface area contributed by atoms with Crippen LogP contribution in [0.4, 0.5) is 0 Å². The predicted octanol–water partition coefficient (Wildman–Crippen LogP) is 5.01. The zero-order chi connectivity index (χ0) is 14.4. The molecule has 4 aromatic rings. The van der Waals surface area contributed by atoms with Gasteiger partial charge >= 0.3 is 0 Å². The summed E-state index contributed by atoms with van der Waals surface area (Å²) in [4.78, 5) is 4.40. The lowest BCUT2D eigenvalue weighted by molar-refractivity contribution is 0.475. The number of phenolic OH excluding ortho intramolecular Hbond substituents is 1. The summed E-state index contributed by atoms with van der Waals surface area (Å²) in [6, 6.07) is 16.7. The van der Waals surface area contributed by atoms with E-state index in [0.29, 0.717) is 27.6 Å². The largest absolute Gasteiger partial charge is 0.507 e. The van der Waals surface area contributed by atoms with Crippen LogP contribution in [0, 0.1) is 0 Å². The molecule has 0 unspecified atom stereocenters. The van der Waals surface area contributed by atoms with Gasteiger partial charge in [0.05, 0.1) is 5.56 Å². The average molecular weight is 296 g/mol. The fraction of sp³-hybridized carbons (Fsp3) is 0. The number of benzene rings is 3. The number of aromatic nitrogens is 1. The van der Waals surface area contributed by atoms with Crippen molar-refractivity contribution in [1.29, 1.82) is 0 Å². The Kier molecular flexibility index (Phi) is 2.62. The molecule has 21 heavy (non-hydrogen) atoms. The maximum absolute atomic E-state index is 10.2. The second kappa shape index (κ2) is 4.50. The highest BCUT2D eigenvalue weighted by molar-refractivity contribution is 6.31. The van der Waals surface area contributed by atoms with Gasteiger partial charge in [-0.2, -0.15) is 0 Å². The van der Waals surface area contributed by atoms with Crippen LogP contribution < -0.4 is 0 Å². The summed E-state index contributed by atoms with van der Waals surface area (Å²) in [7, 11) is 0. The van der Waals surface area contributed by atoms with Gasteiger partial charge in [0, 0.05) is 5.02 Å². The Bertz CT molecular complexity index is 975. The third-order valence-electron chi connectivity index (χ3n) is 3.44. The van der Waals surface area contributed by atoms with Crippen LogP contribution >= 0.6 is 11.6 Å². The molecule has 1 heterocycles. The molecular formula is C17H10ClNO2. The maximum atomic E-state index is 10.2. The van der Waals surface area contributed by atoms with Crippen molar-refractivity contribution in [3.05, 3.63) is 59.6 Å². The van der Waals surface area contributed by atoms with Crippen LogP contribution in [0.1, 0.15) is 0 Å². The molecule has 4 rings (SSSR count). The number of aromatic hydroxyl groups is 1. The molecule has 0 aliphatic carbocycles. The number of fused-ring (bicyclic) bond motifs is 2. The summed E-state index contributed by atoms with van der Waals surface area (Å²) in [5, 5.41) is 12.8. The first kappa shape index (κ1) is 12.2. The Morgan fingerprint density at radius 2 is 1.71 bits per heavy atom. The molecule has 102 valence electrons. The second-order valence-electron chi connectivity index (χ2n) is 4.85. The Morgan fingerprint density at radius 1 is 0.952 bits per heavy atom. The molecule has 0 fully saturated rings. The summed E-state index contributed by atoms with van der Waals surface area (Å²) in [5.41, 5.74) is 1.88. The molecule has 0 spiro atoms. The number of hydrogen-bond donors (Lipinski definition) is 1. The van der Waals surface area contributed by atoms with E-state index in [2.05, 4.69) is 4.98 Å². The first-order valence-electron chi connectivity index (χ1n) is 6.49. The minimum Gasteiger partial charge on any atom is -0.507 e. The molecule has 4 heteroatoms. The number of halogens is 1. The first-order chi connectivity index (χ1) is 10.2. The van der Waals surface area contributed by atoms with Crippen molar-refractivity contribution in [2.24, 2.45) is 0 Å². The van der Waals surface area contributed by atoms with Crippen molar-refractivity contribution in [1.82, 2.24) is 4.98 Å². The highest BCUT2D eigenvalue weighted by Gasteiger charge is 2.13. The summed E-state index contributed by atoms with van der Waals surface area (Å²) in [6.45, 7) is 0. The number of phenols is 1. The van der Waals surface area contributed by atoms with Gasteiger partial charge in [-0.1, -0.05) is 35.9 Å². The number of rotatable bonds is 1. The lowest BCUT2D eigenvalue weighted by atomic mass is 10.1. The van der Waals surface area contributed by atoms with E-state index in [1.165, 1.54) is 0 Å². The van der Waals surface area contributed by atoms with E-state index in [9.17, 15) is 5.11 Å². The minimum absolute atomic E-state index is 0.145. The third-order valence-corrected chi connectivity index (χ3v) is 3.68. The Morgan fingerprint density at radius 3 is 2.52 bits per heavy atom. The molecule has 0 bridgehead atoms. The standard InChI is InChI=1S/C17H10ClNO2/c18-12-5-6-16-14(9-12)19-17(21-16)13-7-10-3-1-2-4-11(10)8-15(13)20/h1-9,20H. The molecule has 0 aliphatic rings. The van der Waals surface area contributed by atoms with Gasteiger partial charge in [0.2, 0.25) is 5.89 Å². The molecule has 0 saturated carbocycles. The van der Waals surface area contributed by atoms with Crippen molar-refractivity contribution in [3.8, 4) is 17.2 Å². The molecule has 3 nitrogen and oxygen atoms in total.